The number of β-amino-alcohol motifs (C(OH)–C–C–N with tert-alkyl or cyclic N) is 1. The third kappa shape index (κ3) is 3.85. The zero-order valence-corrected chi connectivity index (χ0v) is 10.6. The van der Waals surface area contributed by atoms with Gasteiger partial charge in [-0.05, 0) is 18.3 Å². The van der Waals surface area contributed by atoms with Crippen LogP contribution in [0.3, 0.4) is 0 Å². The molecule has 1 heterocycles. The van der Waals surface area contributed by atoms with Gasteiger partial charge in [0.2, 0.25) is 0 Å². The van der Waals surface area contributed by atoms with Gasteiger partial charge in [-0.25, -0.2) is 0 Å². The first-order valence-electron chi connectivity index (χ1n) is 6.30. The third-order valence-electron chi connectivity index (χ3n) is 3.49. The molecule has 102 valence electrons. The van der Waals surface area contributed by atoms with E-state index in [1.165, 1.54) is 0 Å². The summed E-state index contributed by atoms with van der Waals surface area (Å²) in [6, 6.07) is 0. The van der Waals surface area contributed by atoms with Gasteiger partial charge in [-0.2, -0.15) is 13.2 Å². The van der Waals surface area contributed by atoms with Crippen molar-refractivity contribution in [2.45, 2.75) is 51.8 Å². The first kappa shape index (κ1) is 14.8. The maximum absolute atomic E-state index is 12.2. The average Bonchev–Trinajstić information content (AvgIpc) is 2.14. The number of hydrogen-bond acceptors (Lipinski definition) is 2. The van der Waals surface area contributed by atoms with Crippen LogP contribution in [0.5, 0.6) is 0 Å². The number of likely N-dealkylation sites (tertiary alicyclic amines) is 1. The van der Waals surface area contributed by atoms with Crippen LogP contribution in [-0.2, 0) is 0 Å². The third-order valence-corrected chi connectivity index (χ3v) is 3.49. The number of nitrogens with zero attached hydrogens (tertiary/aromatic N) is 1. The number of aliphatic hydroxyl groups is 1. The maximum atomic E-state index is 12.2. The van der Waals surface area contributed by atoms with Crippen molar-refractivity contribution in [2.24, 2.45) is 5.41 Å². The lowest BCUT2D eigenvalue weighted by atomic mass is 9.72. The summed E-state index contributed by atoms with van der Waals surface area (Å²) in [6.45, 7) is 5.32. The van der Waals surface area contributed by atoms with Gasteiger partial charge in [-0.1, -0.05) is 26.7 Å². The van der Waals surface area contributed by atoms with Crippen LogP contribution in [-0.4, -0.2) is 41.9 Å². The monoisotopic (exact) mass is 253 g/mol. The van der Waals surface area contributed by atoms with Gasteiger partial charge in [0.25, 0.3) is 0 Å². The van der Waals surface area contributed by atoms with Crippen LogP contribution in [0.15, 0.2) is 0 Å². The van der Waals surface area contributed by atoms with Gasteiger partial charge in [0.15, 0.2) is 6.10 Å². The molecular formula is C12H22F3NO. The number of hydrogen-bond donors (Lipinski definition) is 1. The highest BCUT2D eigenvalue weighted by molar-refractivity contribution is 4.95. The second-order valence-electron chi connectivity index (χ2n) is 5.23. The number of alkyl halides is 3. The summed E-state index contributed by atoms with van der Waals surface area (Å²) in [6.07, 6.45) is -2.43. The molecule has 0 saturated carbocycles. The van der Waals surface area contributed by atoms with Crippen molar-refractivity contribution < 1.29 is 18.3 Å². The molecule has 0 aromatic heterocycles. The number of aliphatic hydroxyl groups excluding tert-OH is 1. The van der Waals surface area contributed by atoms with Gasteiger partial charge in [-0.3, -0.25) is 4.90 Å². The normalized spacial score (nSPS) is 22.2. The molecule has 1 atom stereocenters. The zero-order chi connectivity index (χ0) is 13.1. The molecular weight excluding hydrogens is 231 g/mol. The highest BCUT2D eigenvalue weighted by Gasteiger charge is 2.45. The van der Waals surface area contributed by atoms with E-state index >= 15 is 0 Å². The fourth-order valence-electron chi connectivity index (χ4n) is 2.88. The van der Waals surface area contributed by atoms with E-state index in [4.69, 9.17) is 5.11 Å². The van der Waals surface area contributed by atoms with Crippen LogP contribution < -0.4 is 0 Å². The molecule has 0 bridgehead atoms. The fraction of sp³-hybridized carbons (Fsp3) is 1.00. The maximum Gasteiger partial charge on any atom is 0.415 e. The molecule has 0 radical (unpaired) electrons. The first-order valence-corrected chi connectivity index (χ1v) is 6.30. The lowest BCUT2D eigenvalue weighted by molar-refractivity contribution is -0.215. The SMILES string of the molecule is CCCC1(CCC)CN(CC(O)C(F)(F)F)C1. The van der Waals surface area contributed by atoms with Gasteiger partial charge in [0.1, 0.15) is 0 Å². The van der Waals surface area contributed by atoms with E-state index in [1.807, 2.05) is 0 Å². The van der Waals surface area contributed by atoms with Crippen molar-refractivity contribution in [1.82, 2.24) is 4.90 Å². The van der Waals surface area contributed by atoms with E-state index in [-0.39, 0.29) is 12.0 Å². The minimum Gasteiger partial charge on any atom is -0.382 e. The Balaban J connectivity index is 2.38. The molecule has 1 unspecified atom stereocenters. The zero-order valence-electron chi connectivity index (χ0n) is 10.6. The molecule has 1 fully saturated rings. The van der Waals surface area contributed by atoms with E-state index in [2.05, 4.69) is 13.8 Å². The van der Waals surface area contributed by atoms with Crippen LogP contribution in [0, 0.1) is 5.41 Å². The molecule has 0 amide bonds. The summed E-state index contributed by atoms with van der Waals surface area (Å²) in [4.78, 5) is 1.71. The van der Waals surface area contributed by atoms with Crippen molar-refractivity contribution in [1.29, 1.82) is 0 Å². The number of halogens is 3. The van der Waals surface area contributed by atoms with E-state index in [9.17, 15) is 13.2 Å². The van der Waals surface area contributed by atoms with Crippen LogP contribution in [0.1, 0.15) is 39.5 Å². The Morgan fingerprint density at radius 3 is 2.00 bits per heavy atom. The smallest absolute Gasteiger partial charge is 0.382 e. The largest absolute Gasteiger partial charge is 0.415 e. The Morgan fingerprint density at radius 2 is 1.65 bits per heavy atom. The van der Waals surface area contributed by atoms with Crippen molar-refractivity contribution in [3.63, 3.8) is 0 Å². The van der Waals surface area contributed by atoms with Gasteiger partial charge in [0, 0.05) is 19.6 Å². The van der Waals surface area contributed by atoms with Crippen LogP contribution in [0.2, 0.25) is 0 Å². The predicted molar refractivity (Wildman–Crippen MR) is 60.8 cm³/mol. The Bertz CT molecular complexity index is 228. The Labute approximate surface area is 101 Å². The van der Waals surface area contributed by atoms with E-state index in [0.29, 0.717) is 13.1 Å². The van der Waals surface area contributed by atoms with E-state index in [0.717, 1.165) is 25.7 Å². The molecule has 1 N–H and O–H groups in total. The minimum absolute atomic E-state index is 0.203. The molecule has 0 aromatic carbocycles. The second kappa shape index (κ2) is 5.57. The fourth-order valence-corrected chi connectivity index (χ4v) is 2.88. The Hall–Kier alpha value is -0.290. The quantitative estimate of drug-likeness (QED) is 0.787. The van der Waals surface area contributed by atoms with Crippen LogP contribution in [0.4, 0.5) is 13.2 Å². The van der Waals surface area contributed by atoms with E-state index in [1.54, 1.807) is 4.90 Å². The van der Waals surface area contributed by atoms with Gasteiger partial charge < -0.3 is 5.11 Å². The molecule has 1 aliphatic rings. The summed E-state index contributed by atoms with van der Waals surface area (Å²) in [5, 5.41) is 8.98. The van der Waals surface area contributed by atoms with Crippen LogP contribution >= 0.6 is 0 Å². The molecule has 0 spiro atoms. The predicted octanol–water partition coefficient (Wildman–Crippen LogP) is 2.81. The lowest BCUT2D eigenvalue weighted by Crippen LogP contribution is -2.59. The number of rotatable bonds is 6. The summed E-state index contributed by atoms with van der Waals surface area (Å²) < 4.78 is 36.5. The van der Waals surface area contributed by atoms with Crippen molar-refractivity contribution in [2.75, 3.05) is 19.6 Å². The molecule has 2 nitrogen and oxygen atoms in total. The first-order chi connectivity index (χ1) is 7.83. The lowest BCUT2D eigenvalue weighted by Gasteiger charge is -2.51. The Morgan fingerprint density at radius 1 is 1.18 bits per heavy atom. The molecule has 17 heavy (non-hydrogen) atoms. The van der Waals surface area contributed by atoms with Gasteiger partial charge in [0.05, 0.1) is 0 Å². The summed E-state index contributed by atoms with van der Waals surface area (Å²) in [5.41, 5.74) is 0.203. The minimum atomic E-state index is -4.49. The van der Waals surface area contributed by atoms with Crippen molar-refractivity contribution >= 4 is 0 Å². The topological polar surface area (TPSA) is 23.5 Å². The molecule has 0 aromatic rings. The van der Waals surface area contributed by atoms with E-state index < -0.39 is 12.3 Å². The molecule has 1 saturated heterocycles. The van der Waals surface area contributed by atoms with Crippen molar-refractivity contribution in [3.8, 4) is 0 Å². The molecule has 1 rings (SSSR count). The summed E-state index contributed by atoms with van der Waals surface area (Å²) in [7, 11) is 0. The highest BCUT2D eigenvalue weighted by atomic mass is 19.4. The molecule has 5 heteroatoms. The summed E-state index contributed by atoms with van der Waals surface area (Å²) >= 11 is 0. The Kier molecular flexibility index (Phi) is 4.84. The standard InChI is InChI=1S/C12H22F3NO/c1-3-5-11(6-4-2)8-16(9-11)7-10(17)12(13,14)15/h10,17H,3-9H2,1-2H3. The average molecular weight is 253 g/mol. The second-order valence-corrected chi connectivity index (χ2v) is 5.23. The molecule has 0 aliphatic carbocycles. The van der Waals surface area contributed by atoms with Crippen molar-refractivity contribution in [3.05, 3.63) is 0 Å². The van der Waals surface area contributed by atoms with Gasteiger partial charge in [-0.15, -0.1) is 0 Å². The highest BCUT2D eigenvalue weighted by Crippen LogP contribution is 2.40. The van der Waals surface area contributed by atoms with Crippen LogP contribution in [0.25, 0.3) is 0 Å². The van der Waals surface area contributed by atoms with Gasteiger partial charge >= 0.3 is 6.18 Å². The summed E-state index contributed by atoms with van der Waals surface area (Å²) in [5.74, 6) is 0. The molecule has 1 aliphatic heterocycles.